The van der Waals surface area contributed by atoms with E-state index < -0.39 is 16.9 Å². The van der Waals surface area contributed by atoms with E-state index in [1.54, 1.807) is 31.0 Å². The van der Waals surface area contributed by atoms with E-state index in [4.69, 9.17) is 0 Å². The molecular weight excluding hydrogens is 438 g/mol. The number of nitrogens with zero attached hydrogens (tertiary/aromatic N) is 3. The number of benzene rings is 2. The number of likely N-dealkylation sites (N-methyl/N-ethyl adjacent to an activating group) is 1. The third-order valence-electron chi connectivity index (χ3n) is 6.67. The van der Waals surface area contributed by atoms with Gasteiger partial charge >= 0.3 is 5.92 Å². The molecule has 0 radical (unpaired) electrons. The molecule has 1 aliphatic rings. The van der Waals surface area contributed by atoms with Crippen LogP contribution in [0.15, 0.2) is 36.4 Å². The van der Waals surface area contributed by atoms with Crippen LogP contribution >= 0.6 is 0 Å². The molecule has 1 amide bonds. The largest absolute Gasteiger partial charge is 0.384 e. The second-order valence-corrected chi connectivity index (χ2v) is 10.1. The van der Waals surface area contributed by atoms with Crippen LogP contribution in [0.2, 0.25) is 0 Å². The molecule has 0 unspecified atom stereocenters. The maximum atomic E-state index is 14.7. The summed E-state index contributed by atoms with van der Waals surface area (Å²) in [5, 5.41) is 14.0. The van der Waals surface area contributed by atoms with Gasteiger partial charge in [0.2, 0.25) is 5.91 Å². The summed E-state index contributed by atoms with van der Waals surface area (Å²) in [6.45, 7) is 9.63. The number of aromatic nitrogens is 2. The molecule has 6 nitrogen and oxygen atoms in total. The van der Waals surface area contributed by atoms with Crippen molar-refractivity contribution in [3.05, 3.63) is 58.9 Å². The topological polar surface area (TPSA) is 78.4 Å². The van der Waals surface area contributed by atoms with Crippen LogP contribution in [0, 0.1) is 6.92 Å². The molecule has 0 saturated carbocycles. The summed E-state index contributed by atoms with van der Waals surface area (Å²) in [4.78, 5) is 23.5. The van der Waals surface area contributed by atoms with Gasteiger partial charge in [-0.25, -0.2) is 9.97 Å². The molecule has 0 spiro atoms. The van der Waals surface area contributed by atoms with E-state index in [1.165, 1.54) is 12.1 Å². The highest BCUT2D eigenvalue weighted by Gasteiger charge is 2.47. The fraction of sp³-hybridized carbons (Fsp3) is 0.423. The van der Waals surface area contributed by atoms with E-state index >= 15 is 0 Å². The van der Waals surface area contributed by atoms with E-state index in [0.717, 1.165) is 30.5 Å². The summed E-state index contributed by atoms with van der Waals surface area (Å²) in [5.74, 6) is -2.29. The summed E-state index contributed by atoms with van der Waals surface area (Å²) < 4.78 is 29.5. The SMILES string of the molecule is Cc1nc(N[C@H](C)c2cccc(C(F)(F)C(C)(C)O)c2)c2cc3c(cc2n1)C(C)(C)C(=O)N3C. The number of alkyl halides is 2. The highest BCUT2D eigenvalue weighted by Crippen LogP contribution is 2.44. The number of halogens is 2. The van der Waals surface area contributed by atoms with E-state index in [9.17, 15) is 18.7 Å². The molecule has 2 aromatic carbocycles. The molecule has 1 aliphatic heterocycles. The van der Waals surface area contributed by atoms with E-state index in [0.29, 0.717) is 22.7 Å². The Balaban J connectivity index is 1.75. The summed E-state index contributed by atoms with van der Waals surface area (Å²) in [5.41, 5.74) is -0.0529. The fourth-order valence-corrected chi connectivity index (χ4v) is 4.46. The second-order valence-electron chi connectivity index (χ2n) is 10.1. The number of rotatable bonds is 5. The smallest absolute Gasteiger partial charge is 0.300 e. The Morgan fingerprint density at radius 3 is 2.47 bits per heavy atom. The third kappa shape index (κ3) is 3.70. The minimum absolute atomic E-state index is 0.00918. The first-order valence-electron chi connectivity index (χ1n) is 11.2. The molecule has 3 aromatic rings. The number of anilines is 2. The van der Waals surface area contributed by atoms with Crippen molar-refractivity contribution in [1.82, 2.24) is 9.97 Å². The lowest BCUT2D eigenvalue weighted by molar-refractivity contribution is -0.168. The zero-order chi connectivity index (χ0) is 25.2. The number of aryl methyl sites for hydroxylation is 1. The average Bonchev–Trinajstić information content (AvgIpc) is 2.91. The first-order chi connectivity index (χ1) is 15.6. The number of carbonyl (C=O) groups is 1. The normalized spacial score (nSPS) is 16.6. The van der Waals surface area contributed by atoms with Crippen LogP contribution in [-0.2, 0) is 16.1 Å². The maximum Gasteiger partial charge on any atom is 0.300 e. The predicted octanol–water partition coefficient (Wildman–Crippen LogP) is 5.23. The van der Waals surface area contributed by atoms with Gasteiger partial charge < -0.3 is 15.3 Å². The monoisotopic (exact) mass is 468 g/mol. The standard InChI is InChI=1S/C26H30F2N4O2/c1-14(16-9-8-10-17(11-16)26(27,28)25(5,6)34)29-22-18-12-21-19(13-20(18)30-15(2)31-22)24(3,4)23(33)32(21)7/h8-14,34H,1-7H3,(H,29,30,31)/t14-/m1/s1. The number of aliphatic hydroxyl groups is 1. The highest BCUT2D eigenvalue weighted by molar-refractivity contribution is 6.10. The molecule has 0 aliphatic carbocycles. The first-order valence-corrected chi connectivity index (χ1v) is 11.2. The van der Waals surface area contributed by atoms with Gasteiger partial charge in [-0.05, 0) is 70.9 Å². The van der Waals surface area contributed by atoms with E-state index in [1.807, 2.05) is 32.9 Å². The molecule has 0 fully saturated rings. The first kappa shape index (κ1) is 24.0. The van der Waals surface area contributed by atoms with Gasteiger partial charge in [0.05, 0.1) is 10.9 Å². The molecule has 180 valence electrons. The molecule has 0 bridgehead atoms. The van der Waals surface area contributed by atoms with E-state index in [2.05, 4.69) is 15.3 Å². The summed E-state index contributed by atoms with van der Waals surface area (Å²) in [6, 6.07) is 9.51. The zero-order valence-corrected chi connectivity index (χ0v) is 20.5. The Morgan fingerprint density at radius 2 is 1.82 bits per heavy atom. The van der Waals surface area contributed by atoms with Crippen LogP contribution in [0.3, 0.4) is 0 Å². The fourth-order valence-electron chi connectivity index (χ4n) is 4.46. The second kappa shape index (κ2) is 7.70. The minimum Gasteiger partial charge on any atom is -0.384 e. The Bertz CT molecular complexity index is 1300. The van der Waals surface area contributed by atoms with Crippen molar-refractivity contribution in [1.29, 1.82) is 0 Å². The molecule has 0 saturated heterocycles. The lowest BCUT2D eigenvalue weighted by Crippen LogP contribution is -2.40. The predicted molar refractivity (Wildman–Crippen MR) is 129 cm³/mol. The molecule has 2 N–H and O–H groups in total. The van der Waals surface area contributed by atoms with Gasteiger partial charge in [-0.3, -0.25) is 4.79 Å². The summed E-state index contributed by atoms with van der Waals surface area (Å²) in [6.07, 6.45) is 0. The summed E-state index contributed by atoms with van der Waals surface area (Å²) >= 11 is 0. The minimum atomic E-state index is -3.41. The van der Waals surface area contributed by atoms with Crippen LogP contribution < -0.4 is 10.2 Å². The number of carbonyl (C=O) groups excluding carboxylic acids is 1. The number of hydrogen-bond acceptors (Lipinski definition) is 5. The Morgan fingerprint density at radius 1 is 1.15 bits per heavy atom. The lowest BCUT2D eigenvalue weighted by Gasteiger charge is -2.30. The van der Waals surface area contributed by atoms with Gasteiger partial charge in [-0.1, -0.05) is 18.2 Å². The van der Waals surface area contributed by atoms with Crippen LogP contribution in [0.25, 0.3) is 10.9 Å². The molecular formula is C26H30F2N4O2. The Kier molecular flexibility index (Phi) is 5.44. The number of fused-ring (bicyclic) bond motifs is 2. The van der Waals surface area contributed by atoms with Gasteiger partial charge in [-0.2, -0.15) is 8.78 Å². The highest BCUT2D eigenvalue weighted by atomic mass is 19.3. The van der Waals surface area contributed by atoms with Gasteiger partial charge in [0.15, 0.2) is 0 Å². The quantitative estimate of drug-likeness (QED) is 0.536. The van der Waals surface area contributed by atoms with Gasteiger partial charge in [0.1, 0.15) is 17.2 Å². The third-order valence-corrected chi connectivity index (χ3v) is 6.67. The van der Waals surface area contributed by atoms with Crippen molar-refractivity contribution in [2.45, 2.75) is 64.5 Å². The van der Waals surface area contributed by atoms with Crippen molar-refractivity contribution in [3.8, 4) is 0 Å². The Hall–Kier alpha value is -3.13. The number of nitrogens with one attached hydrogen (secondary N) is 1. The van der Waals surface area contributed by atoms with Gasteiger partial charge in [-0.15, -0.1) is 0 Å². The van der Waals surface area contributed by atoms with Crippen molar-refractivity contribution in [3.63, 3.8) is 0 Å². The van der Waals surface area contributed by atoms with E-state index in [-0.39, 0.29) is 17.5 Å². The molecule has 1 aromatic heterocycles. The van der Waals surface area contributed by atoms with Crippen molar-refractivity contribution < 1.29 is 18.7 Å². The Labute approximate surface area is 198 Å². The molecule has 34 heavy (non-hydrogen) atoms. The van der Waals surface area contributed by atoms with Crippen LogP contribution in [0.1, 0.15) is 63.2 Å². The molecule has 4 rings (SSSR count). The zero-order valence-electron chi connectivity index (χ0n) is 20.5. The van der Waals surface area contributed by atoms with Gasteiger partial charge in [0.25, 0.3) is 0 Å². The molecule has 1 atom stereocenters. The number of hydrogen-bond donors (Lipinski definition) is 2. The number of amides is 1. The lowest BCUT2D eigenvalue weighted by atomic mass is 9.85. The molecule has 2 heterocycles. The molecule has 8 heteroatoms. The van der Waals surface area contributed by atoms with Crippen LogP contribution in [0.4, 0.5) is 20.3 Å². The maximum absolute atomic E-state index is 14.7. The van der Waals surface area contributed by atoms with Crippen LogP contribution in [0.5, 0.6) is 0 Å². The van der Waals surface area contributed by atoms with Gasteiger partial charge in [0, 0.05) is 29.7 Å². The van der Waals surface area contributed by atoms with Crippen LogP contribution in [-0.4, -0.2) is 33.6 Å². The van der Waals surface area contributed by atoms with Crippen molar-refractivity contribution >= 4 is 28.3 Å². The summed E-state index contributed by atoms with van der Waals surface area (Å²) in [7, 11) is 1.75. The average molecular weight is 469 g/mol. The van der Waals surface area contributed by atoms with Crippen molar-refractivity contribution in [2.75, 3.05) is 17.3 Å². The van der Waals surface area contributed by atoms with Crippen molar-refractivity contribution in [2.24, 2.45) is 0 Å².